The summed E-state index contributed by atoms with van der Waals surface area (Å²) in [6.07, 6.45) is 2.43. The summed E-state index contributed by atoms with van der Waals surface area (Å²) in [6, 6.07) is 1.64. The van der Waals surface area contributed by atoms with Crippen molar-refractivity contribution in [2.24, 2.45) is 5.84 Å². The Kier molecular flexibility index (Phi) is 4.16. The van der Waals surface area contributed by atoms with E-state index in [0.29, 0.717) is 12.6 Å². The van der Waals surface area contributed by atoms with E-state index in [1.807, 2.05) is 7.05 Å². The largest absolute Gasteiger partial charge is 0.366 e. The van der Waals surface area contributed by atoms with Gasteiger partial charge in [0.25, 0.3) is 0 Å². The summed E-state index contributed by atoms with van der Waals surface area (Å²) in [5, 5.41) is 2.89. The van der Waals surface area contributed by atoms with Crippen molar-refractivity contribution in [3.8, 4) is 0 Å². The number of nitrogens with zero attached hydrogens (tertiary/aromatic N) is 2. The molecule has 0 radical (unpaired) electrons. The molecule has 4 N–H and O–H groups in total. The molecule has 106 valence electrons. The second-order valence-electron chi connectivity index (χ2n) is 4.92. The van der Waals surface area contributed by atoms with Gasteiger partial charge in [0.2, 0.25) is 0 Å². The van der Waals surface area contributed by atoms with Crippen LogP contribution in [-0.2, 0) is 0 Å². The molecule has 1 saturated carbocycles. The fourth-order valence-corrected chi connectivity index (χ4v) is 1.92. The van der Waals surface area contributed by atoms with Crippen LogP contribution in [0, 0.1) is 11.6 Å². The first-order valence-electron chi connectivity index (χ1n) is 6.31. The summed E-state index contributed by atoms with van der Waals surface area (Å²) >= 11 is 0. The highest BCUT2D eigenvalue weighted by Crippen LogP contribution is 2.27. The van der Waals surface area contributed by atoms with Crippen molar-refractivity contribution in [3.05, 3.63) is 17.7 Å². The molecule has 0 spiro atoms. The van der Waals surface area contributed by atoms with E-state index in [-0.39, 0.29) is 17.7 Å². The quantitative estimate of drug-likeness (QED) is 0.541. The minimum absolute atomic E-state index is 0.00500. The Hall–Kier alpha value is -1.47. The molecule has 1 aliphatic carbocycles. The summed E-state index contributed by atoms with van der Waals surface area (Å²) in [4.78, 5) is 6.01. The maximum absolute atomic E-state index is 13.5. The van der Waals surface area contributed by atoms with Crippen molar-refractivity contribution in [1.29, 1.82) is 0 Å². The molecule has 0 bridgehead atoms. The minimum Gasteiger partial charge on any atom is -0.366 e. The van der Waals surface area contributed by atoms with Crippen molar-refractivity contribution in [2.75, 3.05) is 24.3 Å². The third-order valence-corrected chi connectivity index (χ3v) is 3.45. The lowest BCUT2D eigenvalue weighted by Gasteiger charge is -2.25. The van der Waals surface area contributed by atoms with Gasteiger partial charge in [-0.25, -0.2) is 19.6 Å². The lowest BCUT2D eigenvalue weighted by Crippen LogP contribution is -2.36. The predicted molar refractivity (Wildman–Crippen MR) is 70.7 cm³/mol. The summed E-state index contributed by atoms with van der Waals surface area (Å²) in [5.41, 5.74) is 2.10. The van der Waals surface area contributed by atoms with Crippen molar-refractivity contribution in [1.82, 2.24) is 9.88 Å². The van der Waals surface area contributed by atoms with Gasteiger partial charge in [-0.05, 0) is 26.8 Å². The summed E-state index contributed by atoms with van der Waals surface area (Å²) in [7, 11) is 2.05. The molecule has 1 heterocycles. The fraction of sp³-hybridized carbons (Fsp3) is 0.583. The van der Waals surface area contributed by atoms with Gasteiger partial charge >= 0.3 is 0 Å². The number of anilines is 2. The van der Waals surface area contributed by atoms with Crippen LogP contribution in [0.4, 0.5) is 20.4 Å². The first-order valence-corrected chi connectivity index (χ1v) is 6.31. The standard InChI is InChI=1S/C12H19F2N5/c1-7(19(2)8-3-4-8)6-16-11-9(13)5-10(14)12(17-11)18-15/h5,7-8H,3-4,6,15H2,1-2H3,(H2,16,17,18). The highest BCUT2D eigenvalue weighted by molar-refractivity contribution is 5.46. The Morgan fingerprint density at radius 3 is 2.63 bits per heavy atom. The number of likely N-dealkylation sites (N-methyl/N-ethyl adjacent to an activating group) is 1. The smallest absolute Gasteiger partial charge is 0.178 e. The van der Waals surface area contributed by atoms with Gasteiger partial charge in [0.1, 0.15) is 0 Å². The summed E-state index contributed by atoms with van der Waals surface area (Å²) in [6.45, 7) is 2.58. The number of aromatic nitrogens is 1. The van der Waals surface area contributed by atoms with Gasteiger partial charge in [-0.15, -0.1) is 0 Å². The number of nitrogens with two attached hydrogens (primary N) is 1. The van der Waals surface area contributed by atoms with Crippen LogP contribution >= 0.6 is 0 Å². The predicted octanol–water partition coefficient (Wildman–Crippen LogP) is 1.54. The Labute approximate surface area is 111 Å². The number of rotatable bonds is 6. The van der Waals surface area contributed by atoms with Gasteiger partial charge in [-0.2, -0.15) is 0 Å². The molecule has 1 aliphatic rings. The van der Waals surface area contributed by atoms with E-state index < -0.39 is 11.6 Å². The SMILES string of the molecule is CC(CNc1nc(NN)c(F)cc1F)N(C)C1CC1. The van der Waals surface area contributed by atoms with Crippen LogP contribution in [0.25, 0.3) is 0 Å². The number of pyridine rings is 1. The molecule has 0 aliphatic heterocycles. The van der Waals surface area contributed by atoms with Crippen molar-refractivity contribution in [2.45, 2.75) is 31.8 Å². The zero-order chi connectivity index (χ0) is 14.0. The topological polar surface area (TPSA) is 66.2 Å². The Balaban J connectivity index is 1.98. The molecule has 0 saturated heterocycles. The molecule has 1 atom stereocenters. The molecule has 7 heteroatoms. The van der Waals surface area contributed by atoms with Crippen LogP contribution in [0.2, 0.25) is 0 Å². The van der Waals surface area contributed by atoms with Crippen LogP contribution < -0.4 is 16.6 Å². The molecular weight excluding hydrogens is 252 g/mol. The number of halogens is 2. The highest BCUT2D eigenvalue weighted by atomic mass is 19.1. The second kappa shape index (κ2) is 5.66. The Morgan fingerprint density at radius 2 is 2.05 bits per heavy atom. The van der Waals surface area contributed by atoms with Crippen LogP contribution in [0.1, 0.15) is 19.8 Å². The third-order valence-electron chi connectivity index (χ3n) is 3.45. The van der Waals surface area contributed by atoms with Crippen molar-refractivity contribution in [3.63, 3.8) is 0 Å². The number of hydrogen-bond acceptors (Lipinski definition) is 5. The second-order valence-corrected chi connectivity index (χ2v) is 4.92. The Morgan fingerprint density at radius 1 is 1.42 bits per heavy atom. The molecule has 0 amide bonds. The monoisotopic (exact) mass is 271 g/mol. The molecule has 19 heavy (non-hydrogen) atoms. The first kappa shape index (κ1) is 14.0. The van der Waals surface area contributed by atoms with Gasteiger partial charge < -0.3 is 10.7 Å². The van der Waals surface area contributed by atoms with Gasteiger partial charge in [-0.1, -0.05) is 0 Å². The molecular formula is C12H19F2N5. The van der Waals surface area contributed by atoms with E-state index >= 15 is 0 Å². The Bertz CT molecular complexity index is 450. The van der Waals surface area contributed by atoms with Gasteiger partial charge in [-0.3, -0.25) is 4.90 Å². The number of hydrogen-bond donors (Lipinski definition) is 3. The van der Waals surface area contributed by atoms with Crippen molar-refractivity contribution < 1.29 is 8.78 Å². The highest BCUT2D eigenvalue weighted by Gasteiger charge is 2.29. The van der Waals surface area contributed by atoms with E-state index in [9.17, 15) is 8.78 Å². The summed E-state index contributed by atoms with van der Waals surface area (Å²) < 4.78 is 26.7. The van der Waals surface area contributed by atoms with E-state index in [1.54, 1.807) is 0 Å². The number of hydrazine groups is 1. The van der Waals surface area contributed by atoms with E-state index in [0.717, 1.165) is 6.07 Å². The lowest BCUT2D eigenvalue weighted by atomic mass is 10.3. The fourth-order valence-electron chi connectivity index (χ4n) is 1.92. The zero-order valence-electron chi connectivity index (χ0n) is 11.1. The van der Waals surface area contributed by atoms with Gasteiger partial charge in [0.15, 0.2) is 23.3 Å². The molecule has 1 aromatic heterocycles. The van der Waals surface area contributed by atoms with E-state index in [1.165, 1.54) is 12.8 Å². The average Bonchev–Trinajstić information content (AvgIpc) is 3.20. The lowest BCUT2D eigenvalue weighted by molar-refractivity contribution is 0.257. The third kappa shape index (κ3) is 3.30. The molecule has 1 fully saturated rings. The maximum atomic E-state index is 13.5. The molecule has 2 rings (SSSR count). The number of nitrogen functional groups attached to an aromatic ring is 1. The number of nitrogens with one attached hydrogen (secondary N) is 2. The van der Waals surface area contributed by atoms with Crippen LogP contribution in [0.15, 0.2) is 6.07 Å². The van der Waals surface area contributed by atoms with Crippen LogP contribution in [-0.4, -0.2) is 35.6 Å². The summed E-state index contributed by atoms with van der Waals surface area (Å²) in [5.74, 6) is 3.41. The van der Waals surface area contributed by atoms with Gasteiger partial charge in [0, 0.05) is 24.7 Å². The van der Waals surface area contributed by atoms with Crippen molar-refractivity contribution >= 4 is 11.6 Å². The molecule has 1 unspecified atom stereocenters. The van der Waals surface area contributed by atoms with E-state index in [4.69, 9.17) is 5.84 Å². The van der Waals surface area contributed by atoms with Crippen LogP contribution in [0.5, 0.6) is 0 Å². The van der Waals surface area contributed by atoms with Crippen LogP contribution in [0.3, 0.4) is 0 Å². The first-order chi connectivity index (χ1) is 9.02. The van der Waals surface area contributed by atoms with E-state index in [2.05, 4.69) is 27.6 Å². The molecule has 1 aromatic rings. The normalized spacial score (nSPS) is 16.5. The van der Waals surface area contributed by atoms with Gasteiger partial charge in [0.05, 0.1) is 0 Å². The maximum Gasteiger partial charge on any atom is 0.178 e. The zero-order valence-corrected chi connectivity index (χ0v) is 11.1. The average molecular weight is 271 g/mol. The minimum atomic E-state index is -0.811. The molecule has 0 aromatic carbocycles. The molecule has 5 nitrogen and oxygen atoms in total.